The van der Waals surface area contributed by atoms with E-state index in [4.69, 9.17) is 28.9 Å². The molecule has 2 aromatic rings. The molecule has 1 atom stereocenters. The second kappa shape index (κ2) is 5.13. The molecule has 0 aliphatic rings. The van der Waals surface area contributed by atoms with E-state index in [2.05, 4.69) is 4.57 Å². The van der Waals surface area contributed by atoms with Crippen LogP contribution >= 0.6 is 23.2 Å². The van der Waals surface area contributed by atoms with Gasteiger partial charge in [0.15, 0.2) is 0 Å². The van der Waals surface area contributed by atoms with Crippen molar-refractivity contribution < 1.29 is 0 Å². The van der Waals surface area contributed by atoms with Crippen LogP contribution in [0.1, 0.15) is 24.1 Å². The standard InChI is InChI=1S/C13H14Cl2N2/c1-9(16)10-5-6-17(7-10)8-11-3-2-4-12(14)13(11)15/h2-7,9H,8,16H2,1H3. The molecule has 1 aromatic carbocycles. The Morgan fingerprint density at radius 3 is 2.71 bits per heavy atom. The molecule has 4 heteroatoms. The molecule has 0 saturated carbocycles. The van der Waals surface area contributed by atoms with Crippen molar-refractivity contribution in [2.75, 3.05) is 0 Å². The third-order valence-corrected chi connectivity index (χ3v) is 3.54. The summed E-state index contributed by atoms with van der Waals surface area (Å²) in [6.45, 7) is 2.66. The zero-order valence-corrected chi connectivity index (χ0v) is 11.0. The summed E-state index contributed by atoms with van der Waals surface area (Å²) >= 11 is 12.1. The van der Waals surface area contributed by atoms with Crippen molar-refractivity contribution in [1.29, 1.82) is 0 Å². The molecule has 0 amide bonds. The molecule has 1 unspecified atom stereocenters. The average Bonchev–Trinajstić information content (AvgIpc) is 2.73. The summed E-state index contributed by atoms with van der Waals surface area (Å²) in [6, 6.07) is 7.73. The largest absolute Gasteiger partial charge is 0.350 e. The minimum atomic E-state index is 0.0473. The van der Waals surface area contributed by atoms with Gasteiger partial charge in [0.1, 0.15) is 0 Å². The number of aromatic nitrogens is 1. The first-order chi connectivity index (χ1) is 8.08. The van der Waals surface area contributed by atoms with E-state index in [-0.39, 0.29) is 6.04 Å². The van der Waals surface area contributed by atoms with Crippen molar-refractivity contribution in [3.05, 3.63) is 57.8 Å². The molecule has 90 valence electrons. The minimum absolute atomic E-state index is 0.0473. The first kappa shape index (κ1) is 12.5. The van der Waals surface area contributed by atoms with E-state index < -0.39 is 0 Å². The van der Waals surface area contributed by atoms with Crippen LogP contribution in [0.5, 0.6) is 0 Å². The summed E-state index contributed by atoms with van der Waals surface area (Å²) in [5, 5.41) is 1.20. The summed E-state index contributed by atoms with van der Waals surface area (Å²) in [4.78, 5) is 0. The van der Waals surface area contributed by atoms with Gasteiger partial charge in [-0.2, -0.15) is 0 Å². The van der Waals surface area contributed by atoms with Crippen LogP contribution in [0, 0.1) is 0 Å². The number of hydrogen-bond acceptors (Lipinski definition) is 1. The molecule has 0 radical (unpaired) electrons. The van der Waals surface area contributed by atoms with Crippen molar-refractivity contribution in [1.82, 2.24) is 4.57 Å². The van der Waals surface area contributed by atoms with Gasteiger partial charge in [-0.3, -0.25) is 0 Å². The average molecular weight is 269 g/mol. The van der Waals surface area contributed by atoms with Gasteiger partial charge in [0.05, 0.1) is 10.0 Å². The smallest absolute Gasteiger partial charge is 0.0642 e. The van der Waals surface area contributed by atoms with Crippen LogP contribution in [0.4, 0.5) is 0 Å². The number of nitrogens with two attached hydrogens (primary N) is 1. The van der Waals surface area contributed by atoms with Gasteiger partial charge in [-0.15, -0.1) is 0 Å². The molecular weight excluding hydrogens is 255 g/mol. The summed E-state index contributed by atoms with van der Waals surface area (Å²) in [5.74, 6) is 0. The van der Waals surface area contributed by atoms with Crippen LogP contribution in [0.15, 0.2) is 36.7 Å². The van der Waals surface area contributed by atoms with Crippen LogP contribution in [-0.4, -0.2) is 4.57 Å². The van der Waals surface area contributed by atoms with Gasteiger partial charge in [0, 0.05) is 25.0 Å². The molecule has 0 fully saturated rings. The summed E-state index contributed by atoms with van der Waals surface area (Å²) in [5.41, 5.74) is 7.93. The van der Waals surface area contributed by atoms with Crippen molar-refractivity contribution >= 4 is 23.2 Å². The number of nitrogens with zero attached hydrogens (tertiary/aromatic N) is 1. The highest BCUT2D eigenvalue weighted by atomic mass is 35.5. The van der Waals surface area contributed by atoms with E-state index in [0.29, 0.717) is 16.6 Å². The van der Waals surface area contributed by atoms with Crippen LogP contribution in [0.25, 0.3) is 0 Å². The maximum absolute atomic E-state index is 6.14. The Morgan fingerprint density at radius 1 is 1.29 bits per heavy atom. The zero-order chi connectivity index (χ0) is 12.4. The van der Waals surface area contributed by atoms with E-state index >= 15 is 0 Å². The van der Waals surface area contributed by atoms with E-state index in [0.717, 1.165) is 11.1 Å². The molecule has 0 bridgehead atoms. The molecule has 0 saturated heterocycles. The fraction of sp³-hybridized carbons (Fsp3) is 0.231. The predicted molar refractivity (Wildman–Crippen MR) is 72.6 cm³/mol. The Balaban J connectivity index is 2.22. The fourth-order valence-corrected chi connectivity index (χ4v) is 2.07. The maximum atomic E-state index is 6.14. The van der Waals surface area contributed by atoms with Crippen LogP contribution in [0.2, 0.25) is 10.0 Å². The molecule has 0 aliphatic heterocycles. The molecule has 1 heterocycles. The molecule has 2 nitrogen and oxygen atoms in total. The molecular formula is C13H14Cl2N2. The fourth-order valence-electron chi connectivity index (χ4n) is 1.69. The number of halogens is 2. The highest BCUT2D eigenvalue weighted by Crippen LogP contribution is 2.26. The summed E-state index contributed by atoms with van der Waals surface area (Å²) in [7, 11) is 0. The molecule has 0 spiro atoms. The lowest BCUT2D eigenvalue weighted by atomic mass is 10.2. The molecule has 2 rings (SSSR count). The maximum Gasteiger partial charge on any atom is 0.0642 e. The monoisotopic (exact) mass is 268 g/mol. The first-order valence-electron chi connectivity index (χ1n) is 5.42. The zero-order valence-electron chi connectivity index (χ0n) is 9.53. The molecule has 2 N–H and O–H groups in total. The Bertz CT molecular complexity index is 518. The Morgan fingerprint density at radius 2 is 2.06 bits per heavy atom. The summed E-state index contributed by atoms with van der Waals surface area (Å²) < 4.78 is 2.05. The van der Waals surface area contributed by atoms with E-state index in [1.165, 1.54) is 0 Å². The number of rotatable bonds is 3. The van der Waals surface area contributed by atoms with Crippen molar-refractivity contribution in [2.24, 2.45) is 5.73 Å². The van der Waals surface area contributed by atoms with Crippen molar-refractivity contribution in [2.45, 2.75) is 19.5 Å². The van der Waals surface area contributed by atoms with Crippen molar-refractivity contribution in [3.8, 4) is 0 Å². The Kier molecular flexibility index (Phi) is 3.77. The lowest BCUT2D eigenvalue weighted by Gasteiger charge is -2.07. The SMILES string of the molecule is CC(N)c1ccn(Cc2cccc(Cl)c2Cl)c1. The Hall–Kier alpha value is -0.960. The van der Waals surface area contributed by atoms with Crippen LogP contribution in [0.3, 0.4) is 0 Å². The highest BCUT2D eigenvalue weighted by Gasteiger charge is 2.06. The van der Waals surface area contributed by atoms with Gasteiger partial charge in [-0.25, -0.2) is 0 Å². The topological polar surface area (TPSA) is 30.9 Å². The molecule has 17 heavy (non-hydrogen) atoms. The number of benzene rings is 1. The minimum Gasteiger partial charge on any atom is -0.350 e. The lowest BCUT2D eigenvalue weighted by molar-refractivity contribution is 0.778. The molecule has 1 aromatic heterocycles. The van der Waals surface area contributed by atoms with E-state index in [1.807, 2.05) is 37.5 Å². The van der Waals surface area contributed by atoms with Gasteiger partial charge in [0.25, 0.3) is 0 Å². The van der Waals surface area contributed by atoms with Gasteiger partial charge >= 0.3 is 0 Å². The lowest BCUT2D eigenvalue weighted by Crippen LogP contribution is -2.04. The van der Waals surface area contributed by atoms with E-state index in [9.17, 15) is 0 Å². The van der Waals surface area contributed by atoms with E-state index in [1.54, 1.807) is 6.07 Å². The second-order valence-electron chi connectivity index (χ2n) is 4.12. The van der Waals surface area contributed by atoms with Crippen LogP contribution < -0.4 is 5.73 Å². The van der Waals surface area contributed by atoms with Gasteiger partial charge in [-0.1, -0.05) is 35.3 Å². The third kappa shape index (κ3) is 2.83. The Labute approximate surface area is 111 Å². The predicted octanol–water partition coefficient (Wildman–Crippen LogP) is 3.86. The first-order valence-corrected chi connectivity index (χ1v) is 6.17. The highest BCUT2D eigenvalue weighted by molar-refractivity contribution is 6.42. The number of hydrogen-bond donors (Lipinski definition) is 1. The van der Waals surface area contributed by atoms with Gasteiger partial charge in [0.2, 0.25) is 0 Å². The summed E-state index contributed by atoms with van der Waals surface area (Å²) in [6.07, 6.45) is 4.03. The quantitative estimate of drug-likeness (QED) is 0.901. The van der Waals surface area contributed by atoms with Gasteiger partial charge in [-0.05, 0) is 30.2 Å². The second-order valence-corrected chi connectivity index (χ2v) is 4.90. The van der Waals surface area contributed by atoms with Gasteiger partial charge < -0.3 is 10.3 Å². The van der Waals surface area contributed by atoms with Crippen LogP contribution in [-0.2, 0) is 6.54 Å². The normalized spacial score (nSPS) is 12.7. The van der Waals surface area contributed by atoms with Crippen molar-refractivity contribution in [3.63, 3.8) is 0 Å². The third-order valence-electron chi connectivity index (χ3n) is 2.68. The molecule has 0 aliphatic carbocycles.